The third-order valence-corrected chi connectivity index (χ3v) is 7.86. The molecule has 0 radical (unpaired) electrons. The smallest absolute Gasteiger partial charge is 0.246 e. The number of anilines is 1. The molecule has 2 fully saturated rings. The van der Waals surface area contributed by atoms with Gasteiger partial charge in [0.05, 0.1) is 18.2 Å². The van der Waals surface area contributed by atoms with E-state index in [1.165, 1.54) is 19.2 Å². The van der Waals surface area contributed by atoms with Crippen molar-refractivity contribution < 1.29 is 18.7 Å². The van der Waals surface area contributed by atoms with Crippen molar-refractivity contribution in [1.82, 2.24) is 14.7 Å². The lowest BCUT2D eigenvalue weighted by molar-refractivity contribution is -0.130. The first-order valence-corrected chi connectivity index (χ1v) is 13.9. The molecule has 7 nitrogen and oxygen atoms in total. The van der Waals surface area contributed by atoms with Crippen molar-refractivity contribution in [2.45, 2.75) is 58.3 Å². The fraction of sp³-hybridized carbons (Fsp3) is 0.467. The van der Waals surface area contributed by atoms with Crippen LogP contribution in [0.2, 0.25) is 5.02 Å². The van der Waals surface area contributed by atoms with Crippen LogP contribution < -0.4 is 10.1 Å². The van der Waals surface area contributed by atoms with E-state index in [0.717, 1.165) is 38.0 Å². The SMILES string of the molecule is COc1cc(/C=C/C(=O)N2CCN(Cc3ccc(F)cc3)C[C@H]2C)c(NC(=O)[C@@H]2CCCN2C(C)C)cc1Cl. The van der Waals surface area contributed by atoms with Gasteiger partial charge in [-0.1, -0.05) is 23.7 Å². The standard InChI is InChI=1S/C30H38ClFN4O3/c1-20(2)35-13-5-6-27(35)30(38)33-26-17-25(31)28(39-4)16-23(26)9-12-29(37)36-15-14-34(18-21(36)3)19-22-7-10-24(32)11-8-22/h7-12,16-17,20-21,27H,5-6,13-15,18-19H2,1-4H3,(H,33,38)/b12-9+/t21-,27+/m1/s1. The summed E-state index contributed by atoms with van der Waals surface area (Å²) < 4.78 is 18.6. The summed E-state index contributed by atoms with van der Waals surface area (Å²) in [5, 5.41) is 3.43. The highest BCUT2D eigenvalue weighted by Crippen LogP contribution is 2.33. The lowest BCUT2D eigenvalue weighted by Crippen LogP contribution is -2.53. The van der Waals surface area contributed by atoms with Crippen molar-refractivity contribution in [3.05, 3.63) is 64.4 Å². The molecule has 0 bridgehead atoms. The highest BCUT2D eigenvalue weighted by molar-refractivity contribution is 6.32. The van der Waals surface area contributed by atoms with Crippen LogP contribution in [0.5, 0.6) is 5.75 Å². The number of carbonyl (C=O) groups excluding carboxylic acids is 2. The monoisotopic (exact) mass is 556 g/mol. The van der Waals surface area contributed by atoms with E-state index in [4.69, 9.17) is 16.3 Å². The third kappa shape index (κ3) is 7.18. The highest BCUT2D eigenvalue weighted by atomic mass is 35.5. The molecule has 9 heteroatoms. The molecular formula is C30H38ClFN4O3. The number of benzene rings is 2. The van der Waals surface area contributed by atoms with Crippen molar-refractivity contribution >= 4 is 35.2 Å². The normalized spacial score (nSPS) is 20.6. The van der Waals surface area contributed by atoms with Gasteiger partial charge >= 0.3 is 0 Å². The van der Waals surface area contributed by atoms with E-state index in [1.54, 1.807) is 36.4 Å². The summed E-state index contributed by atoms with van der Waals surface area (Å²) in [5.41, 5.74) is 2.24. The Morgan fingerprint density at radius 1 is 1.18 bits per heavy atom. The van der Waals surface area contributed by atoms with E-state index < -0.39 is 0 Å². The number of ether oxygens (including phenoxy) is 1. The number of rotatable bonds is 8. The average Bonchev–Trinajstić information content (AvgIpc) is 3.40. The molecule has 2 aromatic rings. The fourth-order valence-electron chi connectivity index (χ4n) is 5.49. The number of carbonyl (C=O) groups is 2. The zero-order valence-electron chi connectivity index (χ0n) is 23.1. The molecule has 2 aliphatic heterocycles. The van der Waals surface area contributed by atoms with Gasteiger partial charge in [-0.25, -0.2) is 4.39 Å². The van der Waals surface area contributed by atoms with E-state index in [1.807, 2.05) is 11.8 Å². The molecule has 0 aliphatic carbocycles. The molecule has 2 aromatic carbocycles. The van der Waals surface area contributed by atoms with Crippen LogP contribution in [0.25, 0.3) is 6.08 Å². The van der Waals surface area contributed by atoms with Gasteiger partial charge in [0.2, 0.25) is 11.8 Å². The first kappa shape index (κ1) is 29.1. The summed E-state index contributed by atoms with van der Waals surface area (Å²) in [6.07, 6.45) is 5.04. The molecule has 0 saturated carbocycles. The third-order valence-electron chi connectivity index (χ3n) is 7.56. The Bertz CT molecular complexity index is 1200. The molecule has 2 heterocycles. The second-order valence-corrected chi connectivity index (χ2v) is 11.0. The number of halogens is 2. The number of methoxy groups -OCH3 is 1. The summed E-state index contributed by atoms with van der Waals surface area (Å²) in [6, 6.07) is 10.0. The van der Waals surface area contributed by atoms with Gasteiger partial charge in [-0.15, -0.1) is 0 Å². The lowest BCUT2D eigenvalue weighted by Gasteiger charge is -2.39. The van der Waals surface area contributed by atoms with Crippen LogP contribution in [0.3, 0.4) is 0 Å². The summed E-state index contributed by atoms with van der Waals surface area (Å²) >= 11 is 6.40. The van der Waals surface area contributed by atoms with Gasteiger partial charge in [0.15, 0.2) is 0 Å². The minimum Gasteiger partial charge on any atom is -0.495 e. The van der Waals surface area contributed by atoms with Crippen molar-refractivity contribution in [3.63, 3.8) is 0 Å². The summed E-state index contributed by atoms with van der Waals surface area (Å²) in [5.74, 6) is 0.0480. The van der Waals surface area contributed by atoms with E-state index in [9.17, 15) is 14.0 Å². The Balaban J connectivity index is 1.44. The van der Waals surface area contributed by atoms with Gasteiger partial charge in [0, 0.05) is 55.6 Å². The van der Waals surface area contributed by atoms with E-state index in [2.05, 4.69) is 29.0 Å². The second kappa shape index (κ2) is 12.9. The molecule has 0 aromatic heterocycles. The predicted octanol–water partition coefficient (Wildman–Crippen LogP) is 5.05. The fourth-order valence-corrected chi connectivity index (χ4v) is 5.73. The average molecular weight is 557 g/mol. The minimum atomic E-state index is -0.244. The van der Waals surface area contributed by atoms with Crippen LogP contribution in [0.4, 0.5) is 10.1 Å². The van der Waals surface area contributed by atoms with Crippen LogP contribution >= 0.6 is 11.6 Å². The first-order chi connectivity index (χ1) is 18.7. The van der Waals surface area contributed by atoms with Crippen LogP contribution in [-0.4, -0.2) is 77.9 Å². The molecule has 2 aliphatic rings. The zero-order chi connectivity index (χ0) is 28.1. The van der Waals surface area contributed by atoms with Crippen molar-refractivity contribution in [1.29, 1.82) is 0 Å². The molecule has 2 saturated heterocycles. The Morgan fingerprint density at radius 3 is 2.59 bits per heavy atom. The maximum absolute atomic E-state index is 13.2. The van der Waals surface area contributed by atoms with Crippen LogP contribution in [0, 0.1) is 5.82 Å². The number of hydrogen-bond donors (Lipinski definition) is 1. The predicted molar refractivity (Wildman–Crippen MR) is 153 cm³/mol. The van der Waals surface area contributed by atoms with Crippen LogP contribution in [0.1, 0.15) is 44.7 Å². The van der Waals surface area contributed by atoms with Gasteiger partial charge in [-0.3, -0.25) is 19.4 Å². The maximum atomic E-state index is 13.2. The van der Waals surface area contributed by atoms with Crippen molar-refractivity contribution in [2.24, 2.45) is 0 Å². The van der Waals surface area contributed by atoms with Crippen molar-refractivity contribution in [2.75, 3.05) is 38.6 Å². The largest absolute Gasteiger partial charge is 0.495 e. The summed E-state index contributed by atoms with van der Waals surface area (Å²) in [4.78, 5) is 32.7. The molecule has 1 N–H and O–H groups in total. The quantitative estimate of drug-likeness (QED) is 0.461. The Kier molecular flexibility index (Phi) is 9.64. The van der Waals surface area contributed by atoms with Gasteiger partial charge in [0.1, 0.15) is 11.6 Å². The highest BCUT2D eigenvalue weighted by Gasteiger charge is 2.32. The Hall–Kier alpha value is -2.94. The Morgan fingerprint density at radius 2 is 1.92 bits per heavy atom. The van der Waals surface area contributed by atoms with Gasteiger partial charge in [-0.2, -0.15) is 0 Å². The molecule has 2 atom stereocenters. The van der Waals surface area contributed by atoms with Crippen LogP contribution in [0.15, 0.2) is 42.5 Å². The molecule has 0 spiro atoms. The molecule has 39 heavy (non-hydrogen) atoms. The second-order valence-electron chi connectivity index (χ2n) is 10.6. The lowest BCUT2D eigenvalue weighted by atomic mass is 10.1. The summed E-state index contributed by atoms with van der Waals surface area (Å²) in [6.45, 7) is 9.87. The maximum Gasteiger partial charge on any atom is 0.246 e. The van der Waals surface area contributed by atoms with E-state index in [0.29, 0.717) is 35.1 Å². The number of likely N-dealkylation sites (tertiary alicyclic amines) is 1. The number of piperazine rings is 1. The molecule has 2 amide bonds. The topological polar surface area (TPSA) is 65.1 Å². The number of nitrogens with one attached hydrogen (secondary N) is 1. The number of nitrogens with zero attached hydrogens (tertiary/aromatic N) is 3. The molecule has 0 unspecified atom stereocenters. The number of hydrogen-bond acceptors (Lipinski definition) is 5. The van der Waals surface area contributed by atoms with E-state index in [-0.39, 0.29) is 35.8 Å². The molecule has 4 rings (SSSR count). The van der Waals surface area contributed by atoms with Gasteiger partial charge < -0.3 is 15.0 Å². The van der Waals surface area contributed by atoms with Gasteiger partial charge in [-0.05, 0) is 76.1 Å². The van der Waals surface area contributed by atoms with Crippen molar-refractivity contribution in [3.8, 4) is 5.75 Å². The van der Waals surface area contributed by atoms with Crippen LogP contribution in [-0.2, 0) is 16.1 Å². The first-order valence-electron chi connectivity index (χ1n) is 13.6. The minimum absolute atomic E-state index is 0.0136. The summed E-state index contributed by atoms with van der Waals surface area (Å²) in [7, 11) is 1.53. The molecular weight excluding hydrogens is 519 g/mol. The number of amides is 2. The zero-order valence-corrected chi connectivity index (χ0v) is 23.9. The van der Waals surface area contributed by atoms with E-state index >= 15 is 0 Å². The molecule has 210 valence electrons. The van der Waals surface area contributed by atoms with Gasteiger partial charge in [0.25, 0.3) is 0 Å². The Labute approximate surface area is 235 Å².